The highest BCUT2D eigenvalue weighted by atomic mass is 19.1. The molecule has 0 bridgehead atoms. The zero-order valence-corrected chi connectivity index (χ0v) is 8.78. The molecule has 1 rings (SSSR count). The van der Waals surface area contributed by atoms with Gasteiger partial charge in [-0.3, -0.25) is 0 Å². The topological polar surface area (TPSA) is 44.5 Å². The van der Waals surface area contributed by atoms with Crippen LogP contribution in [-0.2, 0) is 4.74 Å². The number of rotatable bonds is 6. The van der Waals surface area contributed by atoms with Gasteiger partial charge in [-0.1, -0.05) is 6.07 Å². The van der Waals surface area contributed by atoms with Gasteiger partial charge in [-0.25, -0.2) is 4.39 Å². The van der Waals surface area contributed by atoms with Crippen LogP contribution in [0.4, 0.5) is 4.39 Å². The first-order valence-electron chi connectivity index (χ1n) is 4.96. The lowest BCUT2D eigenvalue weighted by Crippen LogP contribution is -2.30. The summed E-state index contributed by atoms with van der Waals surface area (Å²) in [6.45, 7) is 3.22. The van der Waals surface area contributed by atoms with E-state index in [1.807, 2.05) is 6.92 Å². The van der Waals surface area contributed by atoms with Gasteiger partial charge in [0.25, 0.3) is 0 Å². The van der Waals surface area contributed by atoms with E-state index in [1.54, 1.807) is 12.1 Å². The quantitative estimate of drug-likeness (QED) is 0.780. The summed E-state index contributed by atoms with van der Waals surface area (Å²) in [7, 11) is 0. The maximum absolute atomic E-state index is 12.8. The first kappa shape index (κ1) is 11.9. The lowest BCUT2D eigenvalue weighted by Gasteiger charge is -2.15. The first-order valence-corrected chi connectivity index (χ1v) is 4.96. The molecular formula is C11H16FNO2. The number of hydrogen-bond acceptors (Lipinski definition) is 3. The highest BCUT2D eigenvalue weighted by molar-refractivity contribution is 5.22. The van der Waals surface area contributed by atoms with E-state index in [1.165, 1.54) is 12.1 Å². The monoisotopic (exact) mass is 213 g/mol. The van der Waals surface area contributed by atoms with Crippen LogP contribution in [0, 0.1) is 5.82 Å². The van der Waals surface area contributed by atoms with E-state index in [4.69, 9.17) is 15.2 Å². The molecule has 0 amide bonds. The molecule has 84 valence electrons. The van der Waals surface area contributed by atoms with Crippen molar-refractivity contribution in [1.82, 2.24) is 0 Å². The summed E-state index contributed by atoms with van der Waals surface area (Å²) in [5.74, 6) is 0.182. The second-order valence-corrected chi connectivity index (χ2v) is 3.08. The molecule has 15 heavy (non-hydrogen) atoms. The Bertz CT molecular complexity index is 294. The van der Waals surface area contributed by atoms with Gasteiger partial charge in [0.05, 0.1) is 0 Å². The molecule has 0 aromatic heterocycles. The van der Waals surface area contributed by atoms with Crippen LogP contribution in [0.3, 0.4) is 0 Å². The SMILES string of the molecule is CCOC(CN)COc1cccc(F)c1. The second-order valence-electron chi connectivity index (χ2n) is 3.08. The molecular weight excluding hydrogens is 197 g/mol. The van der Waals surface area contributed by atoms with Crippen LogP contribution < -0.4 is 10.5 Å². The molecule has 0 aliphatic carbocycles. The van der Waals surface area contributed by atoms with Gasteiger partial charge in [-0.2, -0.15) is 0 Å². The Morgan fingerprint density at radius 3 is 2.87 bits per heavy atom. The Morgan fingerprint density at radius 1 is 1.47 bits per heavy atom. The average molecular weight is 213 g/mol. The summed E-state index contributed by atoms with van der Waals surface area (Å²) in [6.07, 6.45) is -0.140. The standard InChI is InChI=1S/C11H16FNO2/c1-2-14-11(7-13)8-15-10-5-3-4-9(12)6-10/h3-6,11H,2,7-8,13H2,1H3. The fraction of sp³-hybridized carbons (Fsp3) is 0.455. The third-order valence-corrected chi connectivity index (χ3v) is 1.90. The maximum Gasteiger partial charge on any atom is 0.126 e. The smallest absolute Gasteiger partial charge is 0.126 e. The molecule has 4 heteroatoms. The van der Waals surface area contributed by atoms with Crippen LogP contribution in [0.25, 0.3) is 0 Å². The molecule has 1 aromatic carbocycles. The molecule has 1 aromatic rings. The van der Waals surface area contributed by atoms with E-state index in [9.17, 15) is 4.39 Å². The summed E-state index contributed by atoms with van der Waals surface area (Å²) >= 11 is 0. The predicted octanol–water partition coefficient (Wildman–Crippen LogP) is 1.57. The highest BCUT2D eigenvalue weighted by Gasteiger charge is 2.06. The van der Waals surface area contributed by atoms with Gasteiger partial charge in [0, 0.05) is 19.2 Å². The van der Waals surface area contributed by atoms with Gasteiger partial charge < -0.3 is 15.2 Å². The van der Waals surface area contributed by atoms with E-state index in [2.05, 4.69) is 0 Å². The Hall–Kier alpha value is -1.13. The van der Waals surface area contributed by atoms with Gasteiger partial charge in [0.2, 0.25) is 0 Å². The molecule has 0 saturated heterocycles. The van der Waals surface area contributed by atoms with Gasteiger partial charge >= 0.3 is 0 Å². The lowest BCUT2D eigenvalue weighted by molar-refractivity contribution is 0.0336. The van der Waals surface area contributed by atoms with Gasteiger partial charge in [0.1, 0.15) is 24.3 Å². The molecule has 0 aliphatic heterocycles. The zero-order chi connectivity index (χ0) is 11.1. The van der Waals surface area contributed by atoms with Crippen LogP contribution in [0.1, 0.15) is 6.92 Å². The predicted molar refractivity (Wildman–Crippen MR) is 56.4 cm³/mol. The summed E-state index contributed by atoms with van der Waals surface area (Å²) in [5, 5.41) is 0. The van der Waals surface area contributed by atoms with Crippen molar-refractivity contribution in [2.75, 3.05) is 19.8 Å². The first-order chi connectivity index (χ1) is 7.26. The number of halogens is 1. The summed E-state index contributed by atoms with van der Waals surface area (Å²) in [5.41, 5.74) is 5.47. The molecule has 1 atom stereocenters. The van der Waals surface area contributed by atoms with Crippen molar-refractivity contribution in [1.29, 1.82) is 0 Å². The van der Waals surface area contributed by atoms with Crippen LogP contribution >= 0.6 is 0 Å². The Balaban J connectivity index is 2.41. The van der Waals surface area contributed by atoms with E-state index in [-0.39, 0.29) is 11.9 Å². The minimum atomic E-state index is -0.312. The van der Waals surface area contributed by atoms with Crippen molar-refractivity contribution in [3.8, 4) is 5.75 Å². The molecule has 0 aliphatic rings. The van der Waals surface area contributed by atoms with E-state index in [0.717, 1.165) is 0 Å². The molecule has 0 radical (unpaired) electrons. The normalized spacial score (nSPS) is 12.5. The Morgan fingerprint density at radius 2 is 2.27 bits per heavy atom. The van der Waals surface area contributed by atoms with Gasteiger partial charge in [-0.15, -0.1) is 0 Å². The van der Waals surface area contributed by atoms with E-state index in [0.29, 0.717) is 25.5 Å². The van der Waals surface area contributed by atoms with Crippen LogP contribution in [-0.4, -0.2) is 25.9 Å². The molecule has 0 spiro atoms. The van der Waals surface area contributed by atoms with Crippen molar-refractivity contribution in [2.24, 2.45) is 5.73 Å². The van der Waals surface area contributed by atoms with Crippen LogP contribution in [0.15, 0.2) is 24.3 Å². The van der Waals surface area contributed by atoms with Crippen LogP contribution in [0.2, 0.25) is 0 Å². The lowest BCUT2D eigenvalue weighted by atomic mass is 10.3. The molecule has 0 heterocycles. The molecule has 1 unspecified atom stereocenters. The fourth-order valence-electron chi connectivity index (χ4n) is 1.17. The number of ether oxygens (including phenoxy) is 2. The molecule has 0 fully saturated rings. The maximum atomic E-state index is 12.8. The highest BCUT2D eigenvalue weighted by Crippen LogP contribution is 2.12. The third kappa shape index (κ3) is 4.27. The fourth-order valence-corrected chi connectivity index (χ4v) is 1.17. The second kappa shape index (κ2) is 6.37. The number of nitrogens with two attached hydrogens (primary N) is 1. The summed E-state index contributed by atoms with van der Waals surface area (Å²) in [4.78, 5) is 0. The summed E-state index contributed by atoms with van der Waals surface area (Å²) in [6, 6.07) is 6.00. The van der Waals surface area contributed by atoms with Crippen molar-refractivity contribution in [3.05, 3.63) is 30.1 Å². The van der Waals surface area contributed by atoms with Crippen molar-refractivity contribution < 1.29 is 13.9 Å². The minimum absolute atomic E-state index is 0.140. The Labute approximate surface area is 89.0 Å². The van der Waals surface area contributed by atoms with Crippen molar-refractivity contribution in [2.45, 2.75) is 13.0 Å². The largest absolute Gasteiger partial charge is 0.491 e. The van der Waals surface area contributed by atoms with Crippen LogP contribution in [0.5, 0.6) is 5.75 Å². The third-order valence-electron chi connectivity index (χ3n) is 1.90. The molecule has 2 N–H and O–H groups in total. The average Bonchev–Trinajstić information content (AvgIpc) is 2.24. The molecule has 3 nitrogen and oxygen atoms in total. The van der Waals surface area contributed by atoms with E-state index >= 15 is 0 Å². The summed E-state index contributed by atoms with van der Waals surface area (Å²) < 4.78 is 23.4. The minimum Gasteiger partial charge on any atom is -0.491 e. The van der Waals surface area contributed by atoms with Gasteiger partial charge in [-0.05, 0) is 19.1 Å². The van der Waals surface area contributed by atoms with Crippen molar-refractivity contribution in [3.63, 3.8) is 0 Å². The molecule has 0 saturated carbocycles. The number of benzene rings is 1. The van der Waals surface area contributed by atoms with Crippen molar-refractivity contribution >= 4 is 0 Å². The number of hydrogen-bond donors (Lipinski definition) is 1. The Kier molecular flexibility index (Phi) is 5.07. The van der Waals surface area contributed by atoms with Gasteiger partial charge in [0.15, 0.2) is 0 Å². The van der Waals surface area contributed by atoms with E-state index < -0.39 is 0 Å². The zero-order valence-electron chi connectivity index (χ0n) is 8.78.